The molecular weight excluding hydrogens is 238 g/mol. The van der Waals surface area contributed by atoms with E-state index in [2.05, 4.69) is 40.4 Å². The second-order valence-corrected chi connectivity index (χ2v) is 5.56. The van der Waals surface area contributed by atoms with Crippen molar-refractivity contribution in [1.29, 1.82) is 0 Å². The van der Waals surface area contributed by atoms with Gasteiger partial charge in [0, 0.05) is 25.3 Å². The zero-order valence-corrected chi connectivity index (χ0v) is 12.4. The number of rotatable bonds is 5. The summed E-state index contributed by atoms with van der Waals surface area (Å²) in [5, 5.41) is 0. The number of hydrogen-bond acceptors (Lipinski definition) is 4. The third-order valence-electron chi connectivity index (χ3n) is 4.41. The molecule has 2 heterocycles. The number of hydrogen-bond donors (Lipinski definition) is 1. The highest BCUT2D eigenvalue weighted by molar-refractivity contribution is 5.07. The molecule has 0 bridgehead atoms. The van der Waals surface area contributed by atoms with Gasteiger partial charge in [-0.2, -0.15) is 0 Å². The van der Waals surface area contributed by atoms with E-state index in [-0.39, 0.29) is 6.04 Å². The lowest BCUT2D eigenvalue weighted by Gasteiger charge is -2.39. The standard InChI is InChI=1S/C14H27N5/c1-4-19-11-16-10-14(19)13(9-15)18(3)12-5-7-17(2)8-6-12/h10-13H,4-9,15H2,1-3H3. The van der Waals surface area contributed by atoms with Gasteiger partial charge in [0.2, 0.25) is 0 Å². The summed E-state index contributed by atoms with van der Waals surface area (Å²) in [7, 11) is 4.41. The number of aromatic nitrogens is 2. The van der Waals surface area contributed by atoms with Crippen LogP contribution in [0.2, 0.25) is 0 Å². The third kappa shape index (κ3) is 3.16. The quantitative estimate of drug-likeness (QED) is 0.860. The first-order valence-corrected chi connectivity index (χ1v) is 7.28. The summed E-state index contributed by atoms with van der Waals surface area (Å²) in [5.41, 5.74) is 7.27. The zero-order chi connectivity index (χ0) is 13.8. The molecule has 0 aliphatic carbocycles. The Kier molecular flexibility index (Phi) is 4.96. The minimum atomic E-state index is 0.274. The first-order chi connectivity index (χ1) is 9.17. The molecule has 1 aliphatic rings. The highest BCUT2D eigenvalue weighted by Crippen LogP contribution is 2.24. The molecule has 0 aromatic carbocycles. The molecule has 5 heteroatoms. The molecule has 0 spiro atoms. The van der Waals surface area contributed by atoms with Crippen LogP contribution in [0.25, 0.3) is 0 Å². The predicted molar refractivity (Wildman–Crippen MR) is 78.0 cm³/mol. The summed E-state index contributed by atoms with van der Waals surface area (Å²) in [4.78, 5) is 9.13. The van der Waals surface area contributed by atoms with E-state index in [9.17, 15) is 0 Å². The Bertz CT molecular complexity index is 381. The highest BCUT2D eigenvalue weighted by atomic mass is 15.2. The van der Waals surface area contributed by atoms with Crippen LogP contribution >= 0.6 is 0 Å². The number of nitrogens with two attached hydrogens (primary N) is 1. The van der Waals surface area contributed by atoms with Crippen LogP contribution in [0.1, 0.15) is 31.5 Å². The van der Waals surface area contributed by atoms with E-state index < -0.39 is 0 Å². The van der Waals surface area contributed by atoms with Gasteiger partial charge in [0.15, 0.2) is 0 Å². The molecule has 5 nitrogen and oxygen atoms in total. The van der Waals surface area contributed by atoms with Gasteiger partial charge in [-0.3, -0.25) is 4.90 Å². The molecule has 19 heavy (non-hydrogen) atoms. The number of likely N-dealkylation sites (N-methyl/N-ethyl adjacent to an activating group) is 1. The fourth-order valence-corrected chi connectivity index (χ4v) is 3.03. The molecule has 0 radical (unpaired) electrons. The summed E-state index contributed by atoms with van der Waals surface area (Å²) >= 11 is 0. The normalized spacial score (nSPS) is 20.1. The Morgan fingerprint density at radius 2 is 2.16 bits per heavy atom. The lowest BCUT2D eigenvalue weighted by molar-refractivity contribution is 0.106. The maximum atomic E-state index is 6.03. The lowest BCUT2D eigenvalue weighted by atomic mass is 10.0. The van der Waals surface area contributed by atoms with E-state index in [1.165, 1.54) is 31.6 Å². The van der Waals surface area contributed by atoms with E-state index in [1.54, 1.807) is 0 Å². The van der Waals surface area contributed by atoms with E-state index in [1.807, 2.05) is 12.5 Å². The molecule has 1 fully saturated rings. The van der Waals surface area contributed by atoms with Gasteiger partial charge in [-0.25, -0.2) is 4.98 Å². The fourth-order valence-electron chi connectivity index (χ4n) is 3.03. The Hall–Kier alpha value is -0.910. The van der Waals surface area contributed by atoms with Crippen LogP contribution in [0, 0.1) is 0 Å². The van der Waals surface area contributed by atoms with E-state index in [0.29, 0.717) is 12.6 Å². The highest BCUT2D eigenvalue weighted by Gasteiger charge is 2.27. The van der Waals surface area contributed by atoms with Crippen LogP contribution in [0.3, 0.4) is 0 Å². The number of nitrogens with zero attached hydrogens (tertiary/aromatic N) is 4. The molecule has 108 valence electrons. The summed E-state index contributed by atoms with van der Waals surface area (Å²) in [5.74, 6) is 0. The fraction of sp³-hybridized carbons (Fsp3) is 0.786. The van der Waals surface area contributed by atoms with Crippen molar-refractivity contribution >= 4 is 0 Å². The maximum absolute atomic E-state index is 6.03. The Morgan fingerprint density at radius 1 is 1.47 bits per heavy atom. The van der Waals surface area contributed by atoms with Crippen LogP contribution in [0.15, 0.2) is 12.5 Å². The zero-order valence-electron chi connectivity index (χ0n) is 12.4. The minimum Gasteiger partial charge on any atom is -0.333 e. The molecule has 0 saturated carbocycles. The van der Waals surface area contributed by atoms with Crippen molar-refractivity contribution in [2.75, 3.05) is 33.7 Å². The molecule has 0 amide bonds. The number of likely N-dealkylation sites (tertiary alicyclic amines) is 1. The van der Waals surface area contributed by atoms with E-state index >= 15 is 0 Å². The Balaban J connectivity index is 2.08. The summed E-state index contributed by atoms with van der Waals surface area (Å²) in [6.07, 6.45) is 6.32. The average molecular weight is 265 g/mol. The van der Waals surface area contributed by atoms with Gasteiger partial charge in [0.1, 0.15) is 0 Å². The smallest absolute Gasteiger partial charge is 0.0948 e. The number of aryl methyl sites for hydroxylation is 1. The van der Waals surface area contributed by atoms with Crippen molar-refractivity contribution < 1.29 is 0 Å². The molecular formula is C14H27N5. The molecule has 1 unspecified atom stereocenters. The van der Waals surface area contributed by atoms with Crippen molar-refractivity contribution in [3.05, 3.63) is 18.2 Å². The maximum Gasteiger partial charge on any atom is 0.0948 e. The number of piperidine rings is 1. The van der Waals surface area contributed by atoms with E-state index in [0.717, 1.165) is 6.54 Å². The second-order valence-electron chi connectivity index (χ2n) is 5.56. The van der Waals surface area contributed by atoms with Gasteiger partial charge in [-0.05, 0) is 47.0 Å². The molecule has 2 rings (SSSR count). The van der Waals surface area contributed by atoms with Gasteiger partial charge in [-0.1, -0.05) is 0 Å². The Morgan fingerprint density at radius 3 is 2.74 bits per heavy atom. The van der Waals surface area contributed by atoms with Gasteiger partial charge in [-0.15, -0.1) is 0 Å². The molecule has 2 N–H and O–H groups in total. The van der Waals surface area contributed by atoms with Gasteiger partial charge in [0.25, 0.3) is 0 Å². The topological polar surface area (TPSA) is 50.3 Å². The van der Waals surface area contributed by atoms with Crippen molar-refractivity contribution in [3.63, 3.8) is 0 Å². The molecule has 1 aromatic rings. The van der Waals surface area contributed by atoms with Crippen LogP contribution in [0.5, 0.6) is 0 Å². The summed E-state index contributed by atoms with van der Waals surface area (Å²) < 4.78 is 2.20. The molecule has 1 aromatic heterocycles. The van der Waals surface area contributed by atoms with Crippen LogP contribution in [-0.4, -0.2) is 59.1 Å². The predicted octanol–water partition coefficient (Wildman–Crippen LogP) is 0.929. The van der Waals surface area contributed by atoms with Gasteiger partial charge in [0.05, 0.1) is 18.1 Å². The van der Waals surface area contributed by atoms with Crippen molar-refractivity contribution in [2.45, 2.75) is 38.4 Å². The van der Waals surface area contributed by atoms with Gasteiger partial charge < -0.3 is 15.2 Å². The molecule has 1 aliphatic heterocycles. The van der Waals surface area contributed by atoms with E-state index in [4.69, 9.17) is 5.73 Å². The second kappa shape index (κ2) is 6.50. The Labute approximate surface area is 116 Å². The largest absolute Gasteiger partial charge is 0.333 e. The van der Waals surface area contributed by atoms with Crippen LogP contribution < -0.4 is 5.73 Å². The molecule has 1 saturated heterocycles. The first kappa shape index (κ1) is 14.5. The minimum absolute atomic E-state index is 0.274. The number of imidazole rings is 1. The van der Waals surface area contributed by atoms with Crippen LogP contribution in [0.4, 0.5) is 0 Å². The molecule has 1 atom stereocenters. The van der Waals surface area contributed by atoms with Crippen molar-refractivity contribution in [3.8, 4) is 0 Å². The summed E-state index contributed by atoms with van der Waals surface area (Å²) in [6.45, 7) is 6.11. The first-order valence-electron chi connectivity index (χ1n) is 7.28. The third-order valence-corrected chi connectivity index (χ3v) is 4.41. The monoisotopic (exact) mass is 265 g/mol. The average Bonchev–Trinajstić information content (AvgIpc) is 2.88. The van der Waals surface area contributed by atoms with Crippen molar-refractivity contribution in [2.24, 2.45) is 5.73 Å². The summed E-state index contributed by atoms with van der Waals surface area (Å²) in [6, 6.07) is 0.904. The lowest BCUT2D eigenvalue weighted by Crippen LogP contribution is -2.45. The van der Waals surface area contributed by atoms with Gasteiger partial charge >= 0.3 is 0 Å². The van der Waals surface area contributed by atoms with Crippen molar-refractivity contribution in [1.82, 2.24) is 19.4 Å². The SMILES string of the molecule is CCn1cncc1C(CN)N(C)C1CCN(C)CC1. The van der Waals surface area contributed by atoms with Crippen LogP contribution in [-0.2, 0) is 6.54 Å².